The number of alkyl halides is 3. The molecule has 1 aromatic heterocycles. The van der Waals surface area contributed by atoms with Crippen molar-refractivity contribution in [1.82, 2.24) is 10.3 Å². The summed E-state index contributed by atoms with van der Waals surface area (Å²) in [6, 6.07) is 3.00. The number of hydrogen-bond acceptors (Lipinski definition) is 4. The van der Waals surface area contributed by atoms with Gasteiger partial charge in [0.1, 0.15) is 11.4 Å². The fourth-order valence-electron chi connectivity index (χ4n) is 2.16. The van der Waals surface area contributed by atoms with E-state index in [0.29, 0.717) is 5.57 Å². The average molecular weight is 351 g/mol. The van der Waals surface area contributed by atoms with Gasteiger partial charge in [0.2, 0.25) is 0 Å². The van der Waals surface area contributed by atoms with Crippen molar-refractivity contribution in [3.63, 3.8) is 0 Å². The summed E-state index contributed by atoms with van der Waals surface area (Å²) < 4.78 is 38.2. The predicted molar refractivity (Wildman–Crippen MR) is 86.0 cm³/mol. The highest BCUT2D eigenvalue weighted by Gasteiger charge is 2.33. The number of nitrogens with one attached hydrogen (secondary N) is 2. The van der Waals surface area contributed by atoms with Gasteiger partial charge in [0, 0.05) is 11.3 Å². The number of halogens is 3. The van der Waals surface area contributed by atoms with Gasteiger partial charge in [-0.05, 0) is 43.7 Å². The first-order valence-corrected chi connectivity index (χ1v) is 7.19. The van der Waals surface area contributed by atoms with Crippen LogP contribution >= 0.6 is 0 Å². The highest BCUT2D eigenvalue weighted by Crippen LogP contribution is 2.29. The SMILES string of the molecule is C=C1C=C(NC(=O)c2cccc(C(F)(F)F)n2)C(C(C)(C)O)=CC1=N. The minimum atomic E-state index is -4.66. The summed E-state index contributed by atoms with van der Waals surface area (Å²) in [5, 5.41) is 20.4. The number of carbonyl (C=O) groups is 1. The Balaban J connectivity index is 2.33. The molecule has 0 radical (unpaired) electrons. The van der Waals surface area contributed by atoms with E-state index in [4.69, 9.17) is 5.41 Å². The predicted octanol–water partition coefficient (Wildman–Crippen LogP) is 3.00. The zero-order chi connectivity index (χ0) is 19.0. The van der Waals surface area contributed by atoms with Crippen LogP contribution in [0.15, 0.2) is 53.8 Å². The number of nitrogens with zero attached hydrogens (tertiary/aromatic N) is 1. The molecule has 0 fully saturated rings. The number of allylic oxidation sites excluding steroid dienone is 3. The largest absolute Gasteiger partial charge is 0.433 e. The maximum atomic E-state index is 12.7. The first-order valence-electron chi connectivity index (χ1n) is 7.19. The highest BCUT2D eigenvalue weighted by atomic mass is 19.4. The molecule has 3 N–H and O–H groups in total. The minimum Gasteiger partial charge on any atom is -0.386 e. The Kier molecular flexibility index (Phi) is 4.68. The molecular weight excluding hydrogens is 335 g/mol. The van der Waals surface area contributed by atoms with Crippen LogP contribution in [0.1, 0.15) is 30.0 Å². The summed E-state index contributed by atoms with van der Waals surface area (Å²) in [7, 11) is 0. The Bertz CT molecular complexity index is 815. The number of carbonyl (C=O) groups excluding carboxylic acids is 1. The molecule has 1 aliphatic carbocycles. The molecule has 0 atom stereocenters. The van der Waals surface area contributed by atoms with Gasteiger partial charge in [-0.15, -0.1) is 0 Å². The number of aromatic nitrogens is 1. The number of aliphatic hydroxyl groups is 1. The second kappa shape index (κ2) is 6.29. The van der Waals surface area contributed by atoms with E-state index in [1.165, 1.54) is 26.0 Å². The Hall–Kier alpha value is -2.74. The number of hydrogen-bond donors (Lipinski definition) is 3. The molecule has 0 bridgehead atoms. The molecule has 0 aromatic carbocycles. The van der Waals surface area contributed by atoms with Crippen molar-refractivity contribution < 1.29 is 23.1 Å². The summed E-state index contributed by atoms with van der Waals surface area (Å²) in [6.07, 6.45) is -1.94. The van der Waals surface area contributed by atoms with Gasteiger partial charge < -0.3 is 15.8 Å². The van der Waals surface area contributed by atoms with Gasteiger partial charge >= 0.3 is 6.18 Å². The Labute approximate surface area is 142 Å². The molecular formula is C17H16F3N3O2. The topological polar surface area (TPSA) is 86.1 Å². The Morgan fingerprint density at radius 2 is 1.92 bits per heavy atom. The zero-order valence-corrected chi connectivity index (χ0v) is 13.5. The Morgan fingerprint density at radius 1 is 1.28 bits per heavy atom. The van der Waals surface area contributed by atoms with E-state index in [2.05, 4.69) is 16.9 Å². The lowest BCUT2D eigenvalue weighted by atomic mass is 9.88. The van der Waals surface area contributed by atoms with Crippen LogP contribution in [0.2, 0.25) is 0 Å². The van der Waals surface area contributed by atoms with Gasteiger partial charge in [0.15, 0.2) is 0 Å². The lowest BCUT2D eigenvalue weighted by Crippen LogP contribution is -2.34. The van der Waals surface area contributed by atoms with Gasteiger partial charge in [0.05, 0.1) is 11.3 Å². The maximum absolute atomic E-state index is 12.7. The van der Waals surface area contributed by atoms with Crippen LogP contribution in [0.3, 0.4) is 0 Å². The number of rotatable bonds is 3. The van der Waals surface area contributed by atoms with Crippen molar-refractivity contribution in [3.05, 3.63) is 65.2 Å². The van der Waals surface area contributed by atoms with Crippen molar-refractivity contribution in [2.75, 3.05) is 0 Å². The van der Waals surface area contributed by atoms with Gasteiger partial charge in [-0.25, -0.2) is 4.98 Å². The van der Waals surface area contributed by atoms with Gasteiger partial charge in [-0.3, -0.25) is 4.79 Å². The summed E-state index contributed by atoms with van der Waals surface area (Å²) in [6.45, 7) is 6.57. The molecule has 5 nitrogen and oxygen atoms in total. The summed E-state index contributed by atoms with van der Waals surface area (Å²) >= 11 is 0. The molecule has 1 amide bonds. The zero-order valence-electron chi connectivity index (χ0n) is 13.5. The van der Waals surface area contributed by atoms with Gasteiger partial charge in [-0.2, -0.15) is 13.2 Å². The van der Waals surface area contributed by atoms with E-state index >= 15 is 0 Å². The molecule has 0 aliphatic heterocycles. The van der Waals surface area contributed by atoms with Crippen LogP contribution in [0.25, 0.3) is 0 Å². The molecule has 132 valence electrons. The number of amides is 1. The van der Waals surface area contributed by atoms with E-state index in [1.807, 2.05) is 0 Å². The van der Waals surface area contributed by atoms with Crippen molar-refractivity contribution in [1.29, 1.82) is 5.41 Å². The van der Waals surface area contributed by atoms with Crippen LogP contribution in [0, 0.1) is 5.41 Å². The van der Waals surface area contributed by atoms with Crippen LogP contribution in [0.5, 0.6) is 0 Å². The fraction of sp³-hybridized carbons (Fsp3) is 0.235. The van der Waals surface area contributed by atoms with Gasteiger partial charge in [-0.1, -0.05) is 12.6 Å². The van der Waals surface area contributed by atoms with Crippen LogP contribution in [-0.4, -0.2) is 27.3 Å². The summed E-state index contributed by atoms with van der Waals surface area (Å²) in [5.41, 5.74) is -2.23. The molecule has 25 heavy (non-hydrogen) atoms. The van der Waals surface area contributed by atoms with E-state index in [0.717, 1.165) is 18.2 Å². The van der Waals surface area contributed by atoms with Crippen molar-refractivity contribution in [3.8, 4) is 0 Å². The third-order valence-corrected chi connectivity index (χ3v) is 3.42. The summed E-state index contributed by atoms with van der Waals surface area (Å²) in [5.74, 6) is -0.867. The fourth-order valence-corrected chi connectivity index (χ4v) is 2.16. The standard InChI is InChI=1S/C17H16F3N3O2/c1-9-7-13(10(8-11(9)21)16(2,3)25)23-15(24)12-5-4-6-14(22-12)17(18,19)20/h4-8,21,25H,1H2,2-3H3,(H,23,24). The van der Waals surface area contributed by atoms with E-state index in [9.17, 15) is 23.1 Å². The molecule has 0 saturated heterocycles. The second-order valence-electron chi connectivity index (χ2n) is 5.97. The Morgan fingerprint density at radius 3 is 2.48 bits per heavy atom. The van der Waals surface area contributed by atoms with Crippen molar-refractivity contribution in [2.24, 2.45) is 0 Å². The molecule has 0 unspecified atom stereocenters. The quantitative estimate of drug-likeness (QED) is 0.782. The molecule has 1 heterocycles. The normalized spacial score (nSPS) is 15.6. The lowest BCUT2D eigenvalue weighted by molar-refractivity contribution is -0.141. The van der Waals surface area contributed by atoms with Crippen molar-refractivity contribution >= 4 is 11.6 Å². The van der Waals surface area contributed by atoms with Crippen LogP contribution < -0.4 is 5.32 Å². The van der Waals surface area contributed by atoms with Crippen LogP contribution in [-0.2, 0) is 6.18 Å². The van der Waals surface area contributed by atoms with Crippen molar-refractivity contribution in [2.45, 2.75) is 25.6 Å². The second-order valence-corrected chi connectivity index (χ2v) is 5.97. The third kappa shape index (κ3) is 4.21. The molecule has 1 aromatic rings. The van der Waals surface area contributed by atoms with Gasteiger partial charge in [0.25, 0.3) is 5.91 Å². The molecule has 2 rings (SSSR count). The third-order valence-electron chi connectivity index (χ3n) is 3.42. The molecule has 0 saturated carbocycles. The molecule has 8 heteroatoms. The van der Waals surface area contributed by atoms with E-state index in [-0.39, 0.29) is 17.0 Å². The van der Waals surface area contributed by atoms with E-state index in [1.54, 1.807) is 0 Å². The maximum Gasteiger partial charge on any atom is 0.433 e. The first kappa shape index (κ1) is 18.6. The first-order chi connectivity index (χ1) is 11.4. The average Bonchev–Trinajstić information content (AvgIpc) is 2.48. The van der Waals surface area contributed by atoms with E-state index < -0.39 is 29.1 Å². The smallest absolute Gasteiger partial charge is 0.386 e. The highest BCUT2D eigenvalue weighted by molar-refractivity contribution is 6.10. The minimum absolute atomic E-state index is 0.0623. The number of pyridine rings is 1. The molecule has 0 spiro atoms. The molecule has 1 aliphatic rings. The summed E-state index contributed by atoms with van der Waals surface area (Å²) in [4.78, 5) is 15.6. The lowest BCUT2D eigenvalue weighted by Gasteiger charge is -2.27. The van der Waals surface area contributed by atoms with Crippen LogP contribution in [0.4, 0.5) is 13.2 Å². The monoisotopic (exact) mass is 351 g/mol.